The first-order valence-electron chi connectivity index (χ1n) is 5.52. The molecule has 17 heavy (non-hydrogen) atoms. The molecular formula is C12H14BrFN2O. The van der Waals surface area contributed by atoms with E-state index in [0.717, 1.165) is 17.3 Å². The standard InChI is InChI=1S/C12H14BrFN2O/c1-16(9-3-4-9)12(17)7-15-11-6-8(13)2-5-10(11)14/h2,5-6,9,15H,3-4,7H2,1H3. The van der Waals surface area contributed by atoms with Crippen molar-refractivity contribution in [2.75, 3.05) is 18.9 Å². The van der Waals surface area contributed by atoms with Crippen LogP contribution in [-0.2, 0) is 4.79 Å². The van der Waals surface area contributed by atoms with E-state index in [1.54, 1.807) is 24.1 Å². The first-order chi connectivity index (χ1) is 8.08. The van der Waals surface area contributed by atoms with E-state index in [9.17, 15) is 9.18 Å². The summed E-state index contributed by atoms with van der Waals surface area (Å²) in [6.07, 6.45) is 2.15. The van der Waals surface area contributed by atoms with E-state index >= 15 is 0 Å². The maximum absolute atomic E-state index is 13.4. The summed E-state index contributed by atoms with van der Waals surface area (Å²) in [5.41, 5.74) is 0.344. The number of amides is 1. The van der Waals surface area contributed by atoms with Gasteiger partial charge in [-0.3, -0.25) is 4.79 Å². The van der Waals surface area contributed by atoms with Gasteiger partial charge in [0.25, 0.3) is 0 Å². The lowest BCUT2D eigenvalue weighted by Gasteiger charge is -2.17. The molecule has 1 amide bonds. The Kier molecular flexibility index (Phi) is 3.66. The molecule has 0 aliphatic heterocycles. The Morgan fingerprint density at radius 1 is 1.59 bits per heavy atom. The van der Waals surface area contributed by atoms with Gasteiger partial charge in [-0.2, -0.15) is 0 Å². The largest absolute Gasteiger partial charge is 0.374 e. The number of nitrogens with one attached hydrogen (secondary N) is 1. The Bertz CT molecular complexity index is 435. The second kappa shape index (κ2) is 5.04. The van der Waals surface area contributed by atoms with Crippen LogP contribution in [0.1, 0.15) is 12.8 Å². The van der Waals surface area contributed by atoms with Crippen molar-refractivity contribution >= 4 is 27.5 Å². The third kappa shape index (κ3) is 3.19. The second-order valence-electron chi connectivity index (χ2n) is 4.21. The highest BCUT2D eigenvalue weighted by Gasteiger charge is 2.29. The summed E-state index contributed by atoms with van der Waals surface area (Å²) >= 11 is 3.26. The molecule has 0 aromatic heterocycles. The van der Waals surface area contributed by atoms with Crippen LogP contribution in [0.2, 0.25) is 0 Å². The van der Waals surface area contributed by atoms with E-state index in [1.165, 1.54) is 6.07 Å². The van der Waals surface area contributed by atoms with Crippen molar-refractivity contribution in [3.63, 3.8) is 0 Å². The number of likely N-dealkylation sites (N-methyl/N-ethyl adjacent to an activating group) is 1. The van der Waals surface area contributed by atoms with Crippen LogP contribution in [0.3, 0.4) is 0 Å². The number of benzene rings is 1. The van der Waals surface area contributed by atoms with E-state index in [2.05, 4.69) is 21.2 Å². The highest BCUT2D eigenvalue weighted by molar-refractivity contribution is 9.10. The van der Waals surface area contributed by atoms with Crippen LogP contribution in [0, 0.1) is 5.82 Å². The van der Waals surface area contributed by atoms with Gasteiger partial charge in [0.1, 0.15) is 5.82 Å². The molecule has 1 aromatic rings. The normalized spacial score (nSPS) is 14.5. The van der Waals surface area contributed by atoms with Crippen molar-refractivity contribution in [1.29, 1.82) is 0 Å². The zero-order valence-corrected chi connectivity index (χ0v) is 11.1. The van der Waals surface area contributed by atoms with Crippen molar-refractivity contribution < 1.29 is 9.18 Å². The summed E-state index contributed by atoms with van der Waals surface area (Å²) in [6, 6.07) is 5.00. The van der Waals surface area contributed by atoms with Gasteiger partial charge in [-0.25, -0.2) is 4.39 Å². The fraction of sp³-hybridized carbons (Fsp3) is 0.417. The monoisotopic (exact) mass is 300 g/mol. The van der Waals surface area contributed by atoms with Gasteiger partial charge < -0.3 is 10.2 Å². The number of hydrogen-bond donors (Lipinski definition) is 1. The summed E-state index contributed by atoms with van der Waals surface area (Å²) < 4.78 is 14.2. The summed E-state index contributed by atoms with van der Waals surface area (Å²) in [5, 5.41) is 2.82. The van der Waals surface area contributed by atoms with Gasteiger partial charge in [-0.15, -0.1) is 0 Å². The molecule has 3 nitrogen and oxygen atoms in total. The van der Waals surface area contributed by atoms with Crippen molar-refractivity contribution in [3.05, 3.63) is 28.5 Å². The van der Waals surface area contributed by atoms with Gasteiger partial charge in [0.05, 0.1) is 12.2 Å². The van der Waals surface area contributed by atoms with Gasteiger partial charge in [0, 0.05) is 17.6 Å². The van der Waals surface area contributed by atoms with Gasteiger partial charge >= 0.3 is 0 Å². The average Bonchev–Trinajstić information content (AvgIpc) is 3.13. The van der Waals surface area contributed by atoms with Crippen molar-refractivity contribution in [3.8, 4) is 0 Å². The number of anilines is 1. The number of carbonyl (C=O) groups excluding carboxylic acids is 1. The SMILES string of the molecule is CN(C(=O)CNc1cc(Br)ccc1F)C1CC1. The van der Waals surface area contributed by atoms with Crippen LogP contribution in [0.25, 0.3) is 0 Å². The van der Waals surface area contributed by atoms with Crippen LogP contribution >= 0.6 is 15.9 Å². The van der Waals surface area contributed by atoms with Crippen LogP contribution in [0.15, 0.2) is 22.7 Å². The number of nitrogens with zero attached hydrogens (tertiary/aromatic N) is 1. The molecule has 5 heteroatoms. The van der Waals surface area contributed by atoms with E-state index in [0.29, 0.717) is 11.7 Å². The highest BCUT2D eigenvalue weighted by Crippen LogP contribution is 2.25. The summed E-state index contributed by atoms with van der Waals surface area (Å²) in [4.78, 5) is 13.4. The summed E-state index contributed by atoms with van der Waals surface area (Å²) in [7, 11) is 1.79. The number of carbonyl (C=O) groups is 1. The fourth-order valence-electron chi connectivity index (χ4n) is 1.59. The minimum Gasteiger partial charge on any atom is -0.374 e. The lowest BCUT2D eigenvalue weighted by Crippen LogP contribution is -2.33. The Hall–Kier alpha value is -1.10. The average molecular weight is 301 g/mol. The van der Waals surface area contributed by atoms with Crippen LogP contribution in [0.4, 0.5) is 10.1 Å². The minimum atomic E-state index is -0.352. The van der Waals surface area contributed by atoms with E-state index < -0.39 is 0 Å². The molecule has 1 aliphatic rings. The van der Waals surface area contributed by atoms with Gasteiger partial charge in [0.2, 0.25) is 5.91 Å². The Morgan fingerprint density at radius 3 is 2.94 bits per heavy atom. The smallest absolute Gasteiger partial charge is 0.241 e. The fourth-order valence-corrected chi connectivity index (χ4v) is 1.96. The molecule has 1 N–H and O–H groups in total. The van der Waals surface area contributed by atoms with Gasteiger partial charge in [-0.1, -0.05) is 15.9 Å². The molecule has 0 atom stereocenters. The molecule has 92 valence electrons. The predicted octanol–water partition coefficient (Wildman–Crippen LogP) is 2.62. The Labute approximate surface area is 108 Å². The summed E-state index contributed by atoms with van der Waals surface area (Å²) in [6.45, 7) is 0.125. The Balaban J connectivity index is 1.92. The maximum atomic E-state index is 13.4. The number of rotatable bonds is 4. The van der Waals surface area contributed by atoms with Crippen molar-refractivity contribution in [2.45, 2.75) is 18.9 Å². The predicted molar refractivity (Wildman–Crippen MR) is 68.4 cm³/mol. The maximum Gasteiger partial charge on any atom is 0.241 e. The van der Waals surface area contributed by atoms with Crippen LogP contribution in [0.5, 0.6) is 0 Å². The van der Waals surface area contributed by atoms with Gasteiger partial charge in [-0.05, 0) is 31.0 Å². The number of halogens is 2. The second-order valence-corrected chi connectivity index (χ2v) is 5.13. The highest BCUT2D eigenvalue weighted by atomic mass is 79.9. The van der Waals surface area contributed by atoms with E-state index in [-0.39, 0.29) is 18.3 Å². The van der Waals surface area contributed by atoms with E-state index in [4.69, 9.17) is 0 Å². The first-order valence-corrected chi connectivity index (χ1v) is 6.32. The molecule has 1 aromatic carbocycles. The number of hydrogen-bond acceptors (Lipinski definition) is 2. The molecule has 0 unspecified atom stereocenters. The van der Waals surface area contributed by atoms with E-state index in [1.807, 2.05) is 0 Å². The lowest BCUT2D eigenvalue weighted by atomic mass is 10.3. The summed E-state index contributed by atoms with van der Waals surface area (Å²) in [5.74, 6) is -0.359. The third-order valence-electron chi connectivity index (χ3n) is 2.85. The van der Waals surface area contributed by atoms with Crippen LogP contribution in [-0.4, -0.2) is 30.4 Å². The molecule has 2 rings (SSSR count). The Morgan fingerprint density at radius 2 is 2.29 bits per heavy atom. The molecule has 1 saturated carbocycles. The molecule has 1 fully saturated rings. The quantitative estimate of drug-likeness (QED) is 0.927. The molecule has 0 heterocycles. The van der Waals surface area contributed by atoms with Crippen molar-refractivity contribution in [1.82, 2.24) is 4.90 Å². The molecular weight excluding hydrogens is 287 g/mol. The molecule has 0 radical (unpaired) electrons. The zero-order chi connectivity index (χ0) is 12.4. The molecule has 0 saturated heterocycles. The zero-order valence-electron chi connectivity index (χ0n) is 9.54. The lowest BCUT2D eigenvalue weighted by molar-refractivity contribution is -0.128. The van der Waals surface area contributed by atoms with Crippen molar-refractivity contribution in [2.24, 2.45) is 0 Å². The molecule has 0 spiro atoms. The first kappa shape index (κ1) is 12.4. The third-order valence-corrected chi connectivity index (χ3v) is 3.34. The molecule has 0 bridgehead atoms. The topological polar surface area (TPSA) is 32.3 Å². The minimum absolute atomic E-state index is 0.00752. The van der Waals surface area contributed by atoms with Crippen LogP contribution < -0.4 is 5.32 Å². The molecule has 1 aliphatic carbocycles. The van der Waals surface area contributed by atoms with Gasteiger partial charge in [0.15, 0.2) is 0 Å².